The molecule has 3 aliphatic rings. The summed E-state index contributed by atoms with van der Waals surface area (Å²) in [7, 11) is 0. The van der Waals surface area contributed by atoms with Crippen LogP contribution >= 0.6 is 0 Å². The van der Waals surface area contributed by atoms with E-state index in [0.717, 1.165) is 64.4 Å². The van der Waals surface area contributed by atoms with Gasteiger partial charge in [-0.3, -0.25) is 4.90 Å². The molecule has 1 unspecified atom stereocenters. The topological polar surface area (TPSA) is 40.5 Å². The quantitative estimate of drug-likeness (QED) is 0.663. The van der Waals surface area contributed by atoms with Crippen molar-refractivity contribution in [3.63, 3.8) is 0 Å². The van der Waals surface area contributed by atoms with Gasteiger partial charge in [0, 0.05) is 51.4 Å². The van der Waals surface area contributed by atoms with Crippen LogP contribution in [0.3, 0.4) is 0 Å². The minimum atomic E-state index is 0.172. The van der Waals surface area contributed by atoms with Crippen LogP contribution in [0.1, 0.15) is 25.8 Å². The van der Waals surface area contributed by atoms with Crippen LogP contribution in [0.5, 0.6) is 5.75 Å². The van der Waals surface area contributed by atoms with E-state index in [1.165, 1.54) is 22.6 Å². The summed E-state index contributed by atoms with van der Waals surface area (Å²) >= 11 is 0. The van der Waals surface area contributed by atoms with Crippen LogP contribution in [-0.4, -0.2) is 68.6 Å². The van der Waals surface area contributed by atoms with Crippen molar-refractivity contribution < 1.29 is 9.57 Å². The maximum atomic E-state index is 6.03. The maximum Gasteiger partial charge on any atom is 0.145 e. The summed E-state index contributed by atoms with van der Waals surface area (Å²) in [5.41, 5.74) is 5.18. The zero-order valence-electron chi connectivity index (χ0n) is 19.2. The molecule has 2 aromatic rings. The van der Waals surface area contributed by atoms with E-state index in [2.05, 4.69) is 76.2 Å². The first kappa shape index (κ1) is 21.1. The molecule has 6 nitrogen and oxygen atoms in total. The van der Waals surface area contributed by atoms with E-state index in [9.17, 15) is 0 Å². The van der Waals surface area contributed by atoms with E-state index in [-0.39, 0.29) is 12.2 Å². The number of piperazine rings is 1. The molecule has 0 spiro atoms. The number of benzene rings is 2. The Morgan fingerprint density at radius 2 is 1.72 bits per heavy atom. The van der Waals surface area contributed by atoms with Crippen molar-refractivity contribution in [2.24, 2.45) is 5.16 Å². The van der Waals surface area contributed by atoms with Gasteiger partial charge in [-0.2, -0.15) is 0 Å². The Kier molecular flexibility index (Phi) is 6.21. The van der Waals surface area contributed by atoms with Crippen LogP contribution in [0.4, 0.5) is 11.4 Å². The van der Waals surface area contributed by atoms with Crippen LogP contribution in [-0.2, 0) is 11.3 Å². The SMILES string of the molecule is CC(C)Oc1ccccc1N1CCN(CC2CC(CN3CCc4ccccc43)=NO2)CC1. The highest BCUT2D eigenvalue weighted by molar-refractivity contribution is 5.90. The first-order valence-electron chi connectivity index (χ1n) is 11.9. The normalized spacial score (nSPS) is 21.0. The second kappa shape index (κ2) is 9.41. The molecule has 0 saturated carbocycles. The van der Waals surface area contributed by atoms with Crippen molar-refractivity contribution in [3.8, 4) is 5.75 Å². The van der Waals surface area contributed by atoms with Gasteiger partial charge in [0.1, 0.15) is 11.9 Å². The Morgan fingerprint density at radius 3 is 2.53 bits per heavy atom. The number of anilines is 2. The number of hydrogen-bond acceptors (Lipinski definition) is 6. The predicted molar refractivity (Wildman–Crippen MR) is 130 cm³/mol. The van der Waals surface area contributed by atoms with Gasteiger partial charge in [-0.25, -0.2) is 0 Å². The first-order valence-corrected chi connectivity index (χ1v) is 11.9. The number of hydrogen-bond donors (Lipinski definition) is 0. The molecule has 32 heavy (non-hydrogen) atoms. The van der Waals surface area contributed by atoms with Gasteiger partial charge in [-0.15, -0.1) is 0 Å². The molecule has 0 radical (unpaired) electrons. The van der Waals surface area contributed by atoms with Gasteiger partial charge in [0.05, 0.1) is 24.0 Å². The number of para-hydroxylation sites is 3. The molecule has 3 heterocycles. The smallest absolute Gasteiger partial charge is 0.145 e. The first-order chi connectivity index (χ1) is 15.7. The number of nitrogens with zero attached hydrogens (tertiary/aromatic N) is 4. The zero-order chi connectivity index (χ0) is 21.9. The van der Waals surface area contributed by atoms with Crippen molar-refractivity contribution >= 4 is 17.1 Å². The van der Waals surface area contributed by atoms with Crippen LogP contribution in [0.2, 0.25) is 0 Å². The summed E-state index contributed by atoms with van der Waals surface area (Å²) in [6, 6.07) is 17.1. The van der Waals surface area contributed by atoms with Gasteiger partial charge in [-0.05, 0) is 44.0 Å². The highest BCUT2D eigenvalue weighted by Crippen LogP contribution is 2.30. The Bertz CT molecular complexity index is 952. The lowest BCUT2D eigenvalue weighted by Crippen LogP contribution is -2.48. The minimum absolute atomic E-state index is 0.172. The van der Waals surface area contributed by atoms with Gasteiger partial charge in [0.25, 0.3) is 0 Å². The van der Waals surface area contributed by atoms with Gasteiger partial charge < -0.3 is 19.4 Å². The number of ether oxygens (including phenoxy) is 1. The number of oxime groups is 1. The standard InChI is InChI=1S/C26H34N4O2/c1-20(2)31-26-10-6-5-9-25(26)29-15-13-28(14-16-29)19-23-17-22(27-32-23)18-30-12-11-21-7-3-4-8-24(21)30/h3-10,20,23H,11-19H2,1-2H3. The summed E-state index contributed by atoms with van der Waals surface area (Å²) in [6.45, 7) is 11.1. The number of fused-ring (bicyclic) bond motifs is 1. The van der Waals surface area contributed by atoms with Crippen LogP contribution in [0.15, 0.2) is 53.7 Å². The lowest BCUT2D eigenvalue weighted by Gasteiger charge is -2.37. The molecule has 170 valence electrons. The van der Waals surface area contributed by atoms with E-state index in [0.29, 0.717) is 0 Å². The highest BCUT2D eigenvalue weighted by atomic mass is 16.6. The van der Waals surface area contributed by atoms with E-state index in [1.54, 1.807) is 0 Å². The molecule has 1 saturated heterocycles. The van der Waals surface area contributed by atoms with Crippen LogP contribution < -0.4 is 14.5 Å². The number of rotatable bonds is 7. The molecule has 0 amide bonds. The van der Waals surface area contributed by atoms with Crippen molar-refractivity contribution in [2.75, 3.05) is 55.6 Å². The zero-order valence-corrected chi connectivity index (χ0v) is 19.2. The molecule has 5 rings (SSSR count). The van der Waals surface area contributed by atoms with Crippen LogP contribution in [0, 0.1) is 0 Å². The predicted octanol–water partition coefficient (Wildman–Crippen LogP) is 3.80. The molecular formula is C26H34N4O2. The van der Waals surface area contributed by atoms with Crippen molar-refractivity contribution in [1.29, 1.82) is 0 Å². The van der Waals surface area contributed by atoms with Crippen molar-refractivity contribution in [2.45, 2.75) is 38.9 Å². The monoisotopic (exact) mass is 434 g/mol. The van der Waals surface area contributed by atoms with Crippen molar-refractivity contribution in [3.05, 3.63) is 54.1 Å². The summed E-state index contributed by atoms with van der Waals surface area (Å²) in [5.74, 6) is 0.983. The largest absolute Gasteiger partial charge is 0.489 e. The van der Waals surface area contributed by atoms with E-state index in [1.807, 2.05) is 6.07 Å². The van der Waals surface area contributed by atoms with E-state index in [4.69, 9.17) is 9.57 Å². The third-order valence-electron chi connectivity index (χ3n) is 6.55. The van der Waals surface area contributed by atoms with Gasteiger partial charge >= 0.3 is 0 Å². The lowest BCUT2D eigenvalue weighted by atomic mass is 10.1. The van der Waals surface area contributed by atoms with Gasteiger partial charge in [0.15, 0.2) is 0 Å². The molecule has 2 aromatic carbocycles. The fourth-order valence-electron chi connectivity index (χ4n) is 5.00. The fourth-order valence-corrected chi connectivity index (χ4v) is 5.00. The Hall–Kier alpha value is -2.73. The highest BCUT2D eigenvalue weighted by Gasteiger charge is 2.28. The second-order valence-electron chi connectivity index (χ2n) is 9.31. The lowest BCUT2D eigenvalue weighted by molar-refractivity contribution is 0.0510. The second-order valence-corrected chi connectivity index (χ2v) is 9.31. The molecule has 0 N–H and O–H groups in total. The van der Waals surface area contributed by atoms with E-state index < -0.39 is 0 Å². The fraction of sp³-hybridized carbons (Fsp3) is 0.500. The third kappa shape index (κ3) is 4.70. The molecule has 1 atom stereocenters. The molecule has 0 aromatic heterocycles. The average Bonchev–Trinajstić information content (AvgIpc) is 3.42. The molecule has 0 aliphatic carbocycles. The summed E-state index contributed by atoms with van der Waals surface area (Å²) < 4.78 is 6.03. The Morgan fingerprint density at radius 1 is 0.969 bits per heavy atom. The molecule has 6 heteroatoms. The van der Waals surface area contributed by atoms with Crippen LogP contribution in [0.25, 0.3) is 0 Å². The molecule has 1 fully saturated rings. The molecule has 0 bridgehead atoms. The minimum Gasteiger partial charge on any atom is -0.489 e. The van der Waals surface area contributed by atoms with Gasteiger partial charge in [-0.1, -0.05) is 35.5 Å². The summed E-state index contributed by atoms with van der Waals surface area (Å²) in [4.78, 5) is 13.2. The van der Waals surface area contributed by atoms with Gasteiger partial charge in [0.2, 0.25) is 0 Å². The average molecular weight is 435 g/mol. The van der Waals surface area contributed by atoms with E-state index >= 15 is 0 Å². The summed E-state index contributed by atoms with van der Waals surface area (Å²) in [6.07, 6.45) is 2.42. The Balaban J connectivity index is 1.10. The Labute approximate surface area is 191 Å². The third-order valence-corrected chi connectivity index (χ3v) is 6.55. The maximum absolute atomic E-state index is 6.03. The van der Waals surface area contributed by atoms with Crippen molar-refractivity contribution in [1.82, 2.24) is 4.90 Å². The molecular weight excluding hydrogens is 400 g/mol. The molecule has 3 aliphatic heterocycles. The summed E-state index contributed by atoms with van der Waals surface area (Å²) in [5, 5.41) is 4.44.